The number of nitrogens with one attached hydrogen (secondary N) is 2. The maximum Gasteiger partial charge on any atom is 0.332 e. The van der Waals surface area contributed by atoms with Gasteiger partial charge in [0.1, 0.15) is 0 Å². The van der Waals surface area contributed by atoms with Crippen LogP contribution in [0.25, 0.3) is 0 Å². The van der Waals surface area contributed by atoms with E-state index in [0.717, 1.165) is 0 Å². The molecule has 1 unspecified atom stereocenters. The van der Waals surface area contributed by atoms with Crippen LogP contribution in [0.5, 0.6) is 0 Å². The van der Waals surface area contributed by atoms with Gasteiger partial charge in [0.15, 0.2) is 5.17 Å². The monoisotopic (exact) mass is 363 g/mol. The lowest BCUT2D eigenvalue weighted by Gasteiger charge is -2.23. The van der Waals surface area contributed by atoms with Gasteiger partial charge in [0, 0.05) is 30.1 Å². The quantitative estimate of drug-likeness (QED) is 0.528. The topological polar surface area (TPSA) is 103 Å². The van der Waals surface area contributed by atoms with E-state index >= 15 is 0 Å². The second-order valence-electron chi connectivity index (χ2n) is 5.41. The number of carbonyl (C=O) groups excluding carboxylic acids is 2. The number of ether oxygens (including phenoxy) is 1. The third-order valence-electron chi connectivity index (χ3n) is 3.47. The maximum atomic E-state index is 11.6. The lowest BCUT2D eigenvalue weighted by atomic mass is 10.1. The summed E-state index contributed by atoms with van der Waals surface area (Å²) >= 11 is 1.29. The highest BCUT2D eigenvalue weighted by Crippen LogP contribution is 2.29. The molecule has 8 heteroatoms. The van der Waals surface area contributed by atoms with Crippen molar-refractivity contribution in [1.29, 1.82) is 5.41 Å². The number of β-amino-alcohol motifs (C(OH)–C–C–N with tert-alkyl or cyclic N) is 1. The minimum Gasteiger partial charge on any atom is -0.463 e. The number of nitrogens with zero attached hydrogens (tertiary/aromatic N) is 1. The number of amides is 1. The highest BCUT2D eigenvalue weighted by atomic mass is 32.2. The molecule has 0 aromatic heterocycles. The van der Waals surface area contributed by atoms with Gasteiger partial charge in [-0.05, 0) is 24.6 Å². The Kier molecular flexibility index (Phi) is 6.60. The number of benzene rings is 1. The van der Waals surface area contributed by atoms with Crippen LogP contribution in [0, 0.1) is 5.41 Å². The predicted octanol–water partition coefficient (Wildman–Crippen LogP) is 2.11. The van der Waals surface area contributed by atoms with Gasteiger partial charge in [-0.25, -0.2) is 4.79 Å². The van der Waals surface area contributed by atoms with Gasteiger partial charge < -0.3 is 20.1 Å². The maximum absolute atomic E-state index is 11.6. The molecule has 0 aliphatic carbocycles. The smallest absolute Gasteiger partial charge is 0.332 e. The third kappa shape index (κ3) is 5.33. The Morgan fingerprint density at radius 3 is 2.96 bits per heavy atom. The molecule has 1 saturated heterocycles. The van der Waals surface area contributed by atoms with E-state index in [1.807, 2.05) is 0 Å². The standard InChI is InChI=1S/C17H21N3O4S/c1-3-24-16(23)8-14-10-25-17(18)20(14)9-15(22)12-5-4-6-13(7-12)19-11(2)21/h4-8,15,18,22H,3,9-10H2,1-2H3,(H,19,21)/b14-8+,18-17?. The molecule has 1 aromatic carbocycles. The number of carbonyl (C=O) groups is 2. The highest BCUT2D eigenvalue weighted by Gasteiger charge is 2.27. The van der Waals surface area contributed by atoms with Crippen molar-refractivity contribution >= 4 is 34.5 Å². The first-order chi connectivity index (χ1) is 11.9. The van der Waals surface area contributed by atoms with Crippen molar-refractivity contribution in [3.63, 3.8) is 0 Å². The zero-order chi connectivity index (χ0) is 18.4. The average molecular weight is 363 g/mol. The summed E-state index contributed by atoms with van der Waals surface area (Å²) in [5, 5.41) is 21.4. The molecule has 1 amide bonds. The Morgan fingerprint density at radius 1 is 1.52 bits per heavy atom. The van der Waals surface area contributed by atoms with Crippen LogP contribution in [0.3, 0.4) is 0 Å². The number of thioether (sulfide) groups is 1. The molecule has 1 atom stereocenters. The number of amidine groups is 1. The molecular formula is C17H21N3O4S. The van der Waals surface area contributed by atoms with Crippen molar-refractivity contribution in [2.24, 2.45) is 0 Å². The molecule has 1 aliphatic heterocycles. The largest absolute Gasteiger partial charge is 0.463 e. The molecule has 1 fully saturated rings. The molecule has 0 saturated carbocycles. The van der Waals surface area contributed by atoms with E-state index in [4.69, 9.17) is 10.1 Å². The first-order valence-electron chi connectivity index (χ1n) is 7.82. The highest BCUT2D eigenvalue weighted by molar-refractivity contribution is 8.14. The summed E-state index contributed by atoms with van der Waals surface area (Å²) in [5.41, 5.74) is 1.84. The zero-order valence-corrected chi connectivity index (χ0v) is 14.9. The van der Waals surface area contributed by atoms with E-state index in [-0.39, 0.29) is 24.2 Å². The number of aliphatic hydroxyl groups excluding tert-OH is 1. The number of aliphatic hydroxyl groups is 1. The van der Waals surface area contributed by atoms with E-state index in [0.29, 0.717) is 22.7 Å². The zero-order valence-electron chi connectivity index (χ0n) is 14.1. The fourth-order valence-corrected chi connectivity index (χ4v) is 3.24. The Hall–Kier alpha value is -2.32. The second-order valence-corrected chi connectivity index (χ2v) is 6.38. The van der Waals surface area contributed by atoms with Crippen LogP contribution in [0.1, 0.15) is 25.5 Å². The minimum absolute atomic E-state index is 0.139. The first-order valence-corrected chi connectivity index (χ1v) is 8.81. The van der Waals surface area contributed by atoms with Gasteiger partial charge in [-0.15, -0.1) is 0 Å². The van der Waals surface area contributed by atoms with Crippen molar-refractivity contribution in [3.05, 3.63) is 41.6 Å². The number of rotatable bonds is 6. The molecule has 1 aromatic rings. The summed E-state index contributed by atoms with van der Waals surface area (Å²) in [7, 11) is 0. The van der Waals surface area contributed by atoms with Crippen molar-refractivity contribution < 1.29 is 19.4 Å². The van der Waals surface area contributed by atoms with Gasteiger partial charge >= 0.3 is 5.97 Å². The lowest BCUT2D eigenvalue weighted by Crippen LogP contribution is -2.28. The lowest BCUT2D eigenvalue weighted by molar-refractivity contribution is -0.137. The van der Waals surface area contributed by atoms with Crippen molar-refractivity contribution in [1.82, 2.24) is 4.90 Å². The van der Waals surface area contributed by atoms with Crippen LogP contribution < -0.4 is 5.32 Å². The van der Waals surface area contributed by atoms with E-state index in [1.54, 1.807) is 36.1 Å². The van der Waals surface area contributed by atoms with Crippen LogP contribution in [-0.4, -0.2) is 46.0 Å². The summed E-state index contributed by atoms with van der Waals surface area (Å²) in [6.45, 7) is 3.57. The molecule has 0 bridgehead atoms. The molecule has 0 spiro atoms. The summed E-state index contributed by atoms with van der Waals surface area (Å²) in [6, 6.07) is 6.91. The van der Waals surface area contributed by atoms with E-state index < -0.39 is 12.1 Å². The molecule has 2 rings (SSSR count). The van der Waals surface area contributed by atoms with Gasteiger partial charge in [-0.2, -0.15) is 0 Å². The average Bonchev–Trinajstić information content (AvgIpc) is 2.88. The number of anilines is 1. The minimum atomic E-state index is -0.877. The van der Waals surface area contributed by atoms with Crippen molar-refractivity contribution in [2.45, 2.75) is 20.0 Å². The van der Waals surface area contributed by atoms with Gasteiger partial charge in [-0.1, -0.05) is 23.9 Å². The van der Waals surface area contributed by atoms with Crippen molar-refractivity contribution in [3.8, 4) is 0 Å². The molecule has 1 aliphatic rings. The molecule has 3 N–H and O–H groups in total. The van der Waals surface area contributed by atoms with E-state index in [1.165, 1.54) is 24.8 Å². The number of esters is 1. The Morgan fingerprint density at radius 2 is 2.28 bits per heavy atom. The normalized spacial score (nSPS) is 16.8. The summed E-state index contributed by atoms with van der Waals surface area (Å²) in [6.07, 6.45) is 0.483. The fourth-order valence-electron chi connectivity index (χ4n) is 2.37. The van der Waals surface area contributed by atoms with Gasteiger partial charge in [0.2, 0.25) is 5.91 Å². The molecular weight excluding hydrogens is 342 g/mol. The predicted molar refractivity (Wildman–Crippen MR) is 97.3 cm³/mol. The molecule has 1 heterocycles. The summed E-state index contributed by atoms with van der Waals surface area (Å²) in [5.74, 6) is -0.167. The molecule has 134 valence electrons. The Balaban J connectivity index is 2.12. The number of hydrogen-bond donors (Lipinski definition) is 3. The fraction of sp³-hybridized carbons (Fsp3) is 0.353. The Labute approximate surface area is 150 Å². The SMILES string of the molecule is CCOC(=O)/C=C1\CSC(=N)N1CC(O)c1cccc(NC(C)=O)c1. The van der Waals surface area contributed by atoms with Crippen LogP contribution in [0.15, 0.2) is 36.0 Å². The Bertz CT molecular complexity index is 705. The molecule has 0 radical (unpaired) electrons. The third-order valence-corrected chi connectivity index (χ3v) is 4.40. The molecule has 7 nitrogen and oxygen atoms in total. The van der Waals surface area contributed by atoms with E-state index in [9.17, 15) is 14.7 Å². The van der Waals surface area contributed by atoms with Gasteiger partial charge in [0.25, 0.3) is 0 Å². The molecule has 25 heavy (non-hydrogen) atoms. The number of hydrogen-bond acceptors (Lipinski definition) is 6. The van der Waals surface area contributed by atoms with Crippen LogP contribution in [0.2, 0.25) is 0 Å². The second kappa shape index (κ2) is 8.68. The summed E-state index contributed by atoms with van der Waals surface area (Å²) in [4.78, 5) is 24.4. The van der Waals surface area contributed by atoms with Gasteiger partial charge in [-0.3, -0.25) is 10.2 Å². The van der Waals surface area contributed by atoms with Crippen molar-refractivity contribution in [2.75, 3.05) is 24.2 Å². The van der Waals surface area contributed by atoms with Crippen LogP contribution in [-0.2, 0) is 14.3 Å². The first kappa shape index (κ1) is 19.0. The van der Waals surface area contributed by atoms with Crippen LogP contribution >= 0.6 is 11.8 Å². The van der Waals surface area contributed by atoms with E-state index in [2.05, 4.69) is 5.32 Å². The van der Waals surface area contributed by atoms with Crippen LogP contribution in [0.4, 0.5) is 5.69 Å². The summed E-state index contributed by atoms with van der Waals surface area (Å²) < 4.78 is 4.91. The van der Waals surface area contributed by atoms with Gasteiger partial charge in [0.05, 0.1) is 19.3 Å².